The van der Waals surface area contributed by atoms with Gasteiger partial charge in [0, 0.05) is 18.7 Å². The van der Waals surface area contributed by atoms with Crippen LogP contribution in [0.15, 0.2) is 28.7 Å². The second-order valence-corrected chi connectivity index (χ2v) is 6.89. The van der Waals surface area contributed by atoms with Gasteiger partial charge in [-0.15, -0.1) is 0 Å². The van der Waals surface area contributed by atoms with Crippen molar-refractivity contribution in [3.63, 3.8) is 0 Å². The number of hydrogen-bond donors (Lipinski definition) is 2. The summed E-state index contributed by atoms with van der Waals surface area (Å²) in [4.78, 5) is 38.6. The van der Waals surface area contributed by atoms with Gasteiger partial charge in [0.25, 0.3) is 5.91 Å². The molecule has 1 aliphatic rings. The summed E-state index contributed by atoms with van der Waals surface area (Å²) < 4.78 is 5.32. The number of amides is 3. The highest BCUT2D eigenvalue weighted by atomic mass is 16.3. The molecular weight excluding hydrogens is 346 g/mol. The second-order valence-electron chi connectivity index (χ2n) is 6.89. The number of hydrogen-bond acceptors (Lipinski definition) is 4. The van der Waals surface area contributed by atoms with Gasteiger partial charge in [-0.1, -0.05) is 12.1 Å². The van der Waals surface area contributed by atoms with Gasteiger partial charge in [0.1, 0.15) is 11.5 Å². The summed E-state index contributed by atoms with van der Waals surface area (Å²) in [6.07, 6.45) is 0.110. The van der Waals surface area contributed by atoms with E-state index in [0.29, 0.717) is 17.1 Å². The number of nitrogens with one attached hydrogen (secondary N) is 2. The van der Waals surface area contributed by atoms with Gasteiger partial charge in [-0.25, -0.2) is 0 Å². The molecule has 0 radical (unpaired) electrons. The Morgan fingerprint density at radius 1 is 1.15 bits per heavy atom. The van der Waals surface area contributed by atoms with Crippen molar-refractivity contribution in [2.45, 2.75) is 34.1 Å². The number of benzene rings is 1. The topological polar surface area (TPSA) is 91.7 Å². The van der Waals surface area contributed by atoms with E-state index in [1.165, 1.54) is 0 Å². The highest BCUT2D eigenvalue weighted by Crippen LogP contribution is 2.29. The molecule has 3 amide bonds. The average molecular weight is 369 g/mol. The van der Waals surface area contributed by atoms with E-state index in [0.717, 1.165) is 16.8 Å². The minimum Gasteiger partial charge on any atom is -0.466 e. The Morgan fingerprint density at radius 3 is 2.56 bits per heavy atom. The Balaban J connectivity index is 1.63. The number of aryl methyl sites for hydroxylation is 3. The zero-order chi connectivity index (χ0) is 19.7. The second kappa shape index (κ2) is 7.26. The van der Waals surface area contributed by atoms with Gasteiger partial charge in [0.05, 0.1) is 11.5 Å². The largest absolute Gasteiger partial charge is 0.466 e. The van der Waals surface area contributed by atoms with Crippen molar-refractivity contribution in [2.75, 3.05) is 11.4 Å². The molecule has 7 heteroatoms. The summed E-state index contributed by atoms with van der Waals surface area (Å²) in [5, 5.41) is 0. The normalized spacial score (nSPS) is 16.5. The Hall–Kier alpha value is -3.09. The van der Waals surface area contributed by atoms with Crippen molar-refractivity contribution in [1.82, 2.24) is 10.9 Å². The first-order valence-corrected chi connectivity index (χ1v) is 8.81. The van der Waals surface area contributed by atoms with Gasteiger partial charge >= 0.3 is 0 Å². The van der Waals surface area contributed by atoms with Gasteiger partial charge in [-0.2, -0.15) is 0 Å². The lowest BCUT2D eigenvalue weighted by Crippen LogP contribution is -2.45. The van der Waals surface area contributed by atoms with Gasteiger partial charge in [0.15, 0.2) is 0 Å². The predicted octanol–water partition coefficient (Wildman–Crippen LogP) is 2.33. The molecule has 0 saturated carbocycles. The van der Waals surface area contributed by atoms with Gasteiger partial charge in [0.2, 0.25) is 11.8 Å². The molecule has 142 valence electrons. The smallest absolute Gasteiger partial charge is 0.273 e. The lowest BCUT2D eigenvalue weighted by Gasteiger charge is -2.20. The number of carbonyl (C=O) groups is 3. The third-order valence-corrected chi connectivity index (χ3v) is 4.95. The van der Waals surface area contributed by atoms with Crippen LogP contribution in [0.3, 0.4) is 0 Å². The summed E-state index contributed by atoms with van der Waals surface area (Å²) >= 11 is 0. The minimum absolute atomic E-state index is 0.100. The standard InChI is InChI=1S/C20H23N3O4/c1-11-6-5-7-17(13(11)3)23-10-15(9-18(23)24)19(25)21-22-20(26)16-8-12(2)27-14(16)4/h5-8,15H,9-10H2,1-4H3,(H,21,25)(H,22,26). The molecular formula is C20H23N3O4. The first kappa shape index (κ1) is 18.7. The molecule has 3 rings (SSSR count). The quantitative estimate of drug-likeness (QED) is 0.813. The summed E-state index contributed by atoms with van der Waals surface area (Å²) in [6, 6.07) is 7.37. The summed E-state index contributed by atoms with van der Waals surface area (Å²) in [5.74, 6) is -0.358. The van der Waals surface area contributed by atoms with Crippen LogP contribution in [0, 0.1) is 33.6 Å². The molecule has 1 unspecified atom stereocenters. The van der Waals surface area contributed by atoms with Gasteiger partial charge in [-0.3, -0.25) is 25.2 Å². The lowest BCUT2D eigenvalue weighted by molar-refractivity contribution is -0.126. The first-order valence-electron chi connectivity index (χ1n) is 8.81. The highest BCUT2D eigenvalue weighted by Gasteiger charge is 2.36. The molecule has 2 heterocycles. The SMILES string of the molecule is Cc1cc(C(=O)NNC(=O)C2CC(=O)N(c3cccc(C)c3C)C2)c(C)o1. The van der Waals surface area contributed by atoms with E-state index in [-0.39, 0.29) is 24.8 Å². The Morgan fingerprint density at radius 2 is 1.89 bits per heavy atom. The van der Waals surface area contributed by atoms with E-state index < -0.39 is 11.8 Å². The number of carbonyl (C=O) groups excluding carboxylic acids is 3. The predicted molar refractivity (Wildman–Crippen MR) is 100 cm³/mol. The highest BCUT2D eigenvalue weighted by molar-refractivity contribution is 6.02. The van der Waals surface area contributed by atoms with Crippen molar-refractivity contribution >= 4 is 23.4 Å². The fraction of sp³-hybridized carbons (Fsp3) is 0.350. The molecule has 1 atom stereocenters. The zero-order valence-corrected chi connectivity index (χ0v) is 15.9. The van der Waals surface area contributed by atoms with Crippen LogP contribution in [0.2, 0.25) is 0 Å². The van der Waals surface area contributed by atoms with Crippen LogP contribution in [-0.2, 0) is 9.59 Å². The van der Waals surface area contributed by atoms with Crippen LogP contribution in [0.25, 0.3) is 0 Å². The maximum atomic E-state index is 12.4. The van der Waals surface area contributed by atoms with Crippen LogP contribution in [-0.4, -0.2) is 24.3 Å². The van der Waals surface area contributed by atoms with Crippen LogP contribution < -0.4 is 15.8 Å². The van der Waals surface area contributed by atoms with Gasteiger partial charge in [-0.05, 0) is 51.0 Å². The first-order chi connectivity index (χ1) is 12.8. The van der Waals surface area contributed by atoms with Crippen molar-refractivity contribution in [2.24, 2.45) is 5.92 Å². The molecule has 1 aliphatic heterocycles. The monoisotopic (exact) mass is 369 g/mol. The number of furan rings is 1. The molecule has 0 spiro atoms. The molecule has 27 heavy (non-hydrogen) atoms. The van der Waals surface area contributed by atoms with Crippen molar-refractivity contribution in [3.8, 4) is 0 Å². The third kappa shape index (κ3) is 3.72. The van der Waals surface area contributed by atoms with E-state index in [9.17, 15) is 14.4 Å². The molecule has 0 aliphatic carbocycles. The summed E-state index contributed by atoms with van der Waals surface area (Å²) in [5.41, 5.74) is 8.11. The Bertz CT molecular complexity index is 916. The van der Waals surface area contributed by atoms with E-state index in [4.69, 9.17) is 4.42 Å². The fourth-order valence-electron chi connectivity index (χ4n) is 3.29. The zero-order valence-electron chi connectivity index (χ0n) is 15.9. The molecule has 2 aromatic rings. The van der Waals surface area contributed by atoms with Gasteiger partial charge < -0.3 is 9.32 Å². The molecule has 7 nitrogen and oxygen atoms in total. The molecule has 1 fully saturated rings. The van der Waals surface area contributed by atoms with Crippen LogP contribution in [0.5, 0.6) is 0 Å². The average Bonchev–Trinajstić information content (AvgIpc) is 3.17. The fourth-order valence-corrected chi connectivity index (χ4v) is 3.29. The summed E-state index contributed by atoms with van der Waals surface area (Å²) in [7, 11) is 0. The van der Waals surface area contributed by atoms with E-state index in [2.05, 4.69) is 10.9 Å². The molecule has 1 aromatic heterocycles. The third-order valence-electron chi connectivity index (χ3n) is 4.95. The van der Waals surface area contributed by atoms with E-state index >= 15 is 0 Å². The van der Waals surface area contributed by atoms with Crippen LogP contribution >= 0.6 is 0 Å². The van der Waals surface area contributed by atoms with Crippen molar-refractivity contribution in [1.29, 1.82) is 0 Å². The number of rotatable bonds is 3. The number of anilines is 1. The Kier molecular flexibility index (Phi) is 5.03. The molecule has 0 bridgehead atoms. The van der Waals surface area contributed by atoms with Crippen LogP contribution in [0.4, 0.5) is 5.69 Å². The lowest BCUT2D eigenvalue weighted by atomic mass is 10.1. The molecule has 1 aromatic carbocycles. The Labute approximate surface area is 157 Å². The maximum Gasteiger partial charge on any atom is 0.273 e. The number of nitrogens with zero attached hydrogens (tertiary/aromatic N) is 1. The number of hydrazine groups is 1. The minimum atomic E-state index is -0.523. The summed E-state index contributed by atoms with van der Waals surface area (Å²) in [6.45, 7) is 7.66. The van der Waals surface area contributed by atoms with Crippen molar-refractivity contribution in [3.05, 3.63) is 52.5 Å². The van der Waals surface area contributed by atoms with Crippen molar-refractivity contribution < 1.29 is 18.8 Å². The maximum absolute atomic E-state index is 12.4. The van der Waals surface area contributed by atoms with E-state index in [1.807, 2.05) is 32.0 Å². The molecule has 2 N–H and O–H groups in total. The van der Waals surface area contributed by atoms with Crippen LogP contribution in [0.1, 0.15) is 39.4 Å². The van der Waals surface area contributed by atoms with E-state index in [1.54, 1.807) is 24.8 Å². The molecule has 1 saturated heterocycles.